The lowest BCUT2D eigenvalue weighted by molar-refractivity contribution is -0.00542. The van der Waals surface area contributed by atoms with E-state index >= 15 is 0 Å². The monoisotopic (exact) mass is 230 g/mol. The molecule has 0 saturated carbocycles. The molecular weight excluding hydrogens is 208 g/mol. The second-order valence-corrected chi connectivity index (χ2v) is 4.02. The van der Waals surface area contributed by atoms with E-state index in [-0.39, 0.29) is 18.9 Å². The maximum atomic E-state index is 12.0. The van der Waals surface area contributed by atoms with E-state index in [9.17, 15) is 4.79 Å². The van der Waals surface area contributed by atoms with Gasteiger partial charge in [-0.2, -0.15) is 0 Å². The summed E-state index contributed by atoms with van der Waals surface area (Å²) in [5, 5.41) is 8.74. The lowest BCUT2D eigenvalue weighted by atomic mass is 10.3. The van der Waals surface area contributed by atoms with Crippen LogP contribution in [0.3, 0.4) is 0 Å². The number of hydrogen-bond acceptors (Lipinski definition) is 3. The molecule has 0 aliphatic carbocycles. The number of aliphatic hydroxyl groups is 1. The molecule has 1 aliphatic rings. The number of methoxy groups -OCH3 is 1. The van der Waals surface area contributed by atoms with Crippen LogP contribution in [-0.2, 0) is 4.74 Å². The van der Waals surface area contributed by atoms with E-state index < -0.39 is 0 Å². The molecule has 1 atom stereocenters. The summed E-state index contributed by atoms with van der Waals surface area (Å²) >= 11 is 0. The molecule has 1 saturated heterocycles. The Morgan fingerprint density at radius 2 is 2.25 bits per heavy atom. The van der Waals surface area contributed by atoms with Crippen molar-refractivity contribution in [1.29, 1.82) is 0 Å². The topological polar surface area (TPSA) is 53.0 Å². The number of hydrogen-bond donors (Lipinski definition) is 1. The zero-order valence-corrected chi connectivity index (χ0v) is 10.2. The third kappa shape index (κ3) is 3.09. The Hall–Kier alpha value is -0.810. The van der Waals surface area contributed by atoms with Gasteiger partial charge < -0.3 is 14.7 Å². The van der Waals surface area contributed by atoms with Crippen LogP contribution in [0.1, 0.15) is 26.2 Å². The number of urea groups is 1. The standard InChI is InChI=1S/C11H22N2O3/c1-3-5-10(16-2)13-8-7-12(11(13)15)6-4-9-14/h10,14H,3-9H2,1-2H3. The van der Waals surface area contributed by atoms with Crippen molar-refractivity contribution < 1.29 is 14.6 Å². The summed E-state index contributed by atoms with van der Waals surface area (Å²) in [4.78, 5) is 15.5. The average Bonchev–Trinajstić information content (AvgIpc) is 2.65. The first kappa shape index (κ1) is 13.3. The highest BCUT2D eigenvalue weighted by molar-refractivity contribution is 5.76. The Bertz CT molecular complexity index is 223. The minimum Gasteiger partial charge on any atom is -0.396 e. The molecule has 1 rings (SSSR count). The van der Waals surface area contributed by atoms with Gasteiger partial charge >= 0.3 is 6.03 Å². The van der Waals surface area contributed by atoms with Crippen molar-refractivity contribution in [3.63, 3.8) is 0 Å². The zero-order chi connectivity index (χ0) is 12.0. The van der Waals surface area contributed by atoms with Crippen molar-refractivity contribution in [3.05, 3.63) is 0 Å². The highest BCUT2D eigenvalue weighted by Gasteiger charge is 2.32. The normalized spacial score (nSPS) is 18.3. The fourth-order valence-electron chi connectivity index (χ4n) is 1.99. The van der Waals surface area contributed by atoms with Gasteiger partial charge in [-0.25, -0.2) is 4.79 Å². The average molecular weight is 230 g/mol. The molecule has 16 heavy (non-hydrogen) atoms. The van der Waals surface area contributed by atoms with E-state index in [1.807, 2.05) is 0 Å². The van der Waals surface area contributed by atoms with E-state index in [2.05, 4.69) is 6.92 Å². The summed E-state index contributed by atoms with van der Waals surface area (Å²) in [5.74, 6) is 0. The fraction of sp³-hybridized carbons (Fsp3) is 0.909. The van der Waals surface area contributed by atoms with Crippen LogP contribution in [0.15, 0.2) is 0 Å². The van der Waals surface area contributed by atoms with Crippen LogP contribution < -0.4 is 0 Å². The second kappa shape index (κ2) is 6.70. The summed E-state index contributed by atoms with van der Waals surface area (Å²) in [6.07, 6.45) is 2.41. The predicted octanol–water partition coefficient (Wildman–Crippen LogP) is 0.879. The Labute approximate surface area is 97.0 Å². The summed E-state index contributed by atoms with van der Waals surface area (Å²) < 4.78 is 5.33. The predicted molar refractivity (Wildman–Crippen MR) is 61.1 cm³/mol. The van der Waals surface area contributed by atoms with Gasteiger partial charge in [0.1, 0.15) is 6.23 Å². The van der Waals surface area contributed by atoms with E-state index in [0.717, 1.165) is 25.9 Å². The molecule has 94 valence electrons. The van der Waals surface area contributed by atoms with Gasteiger partial charge in [-0.05, 0) is 12.8 Å². The molecular formula is C11H22N2O3. The largest absolute Gasteiger partial charge is 0.396 e. The highest BCUT2D eigenvalue weighted by atomic mass is 16.5. The molecule has 5 heteroatoms. The SMILES string of the molecule is CCCC(OC)N1CCN(CCCO)C1=O. The summed E-state index contributed by atoms with van der Waals surface area (Å²) in [5.41, 5.74) is 0. The summed E-state index contributed by atoms with van der Waals surface area (Å²) in [7, 11) is 1.64. The van der Waals surface area contributed by atoms with E-state index in [1.54, 1.807) is 16.9 Å². The maximum absolute atomic E-state index is 12.0. The van der Waals surface area contributed by atoms with Crippen molar-refractivity contribution in [2.45, 2.75) is 32.4 Å². The Morgan fingerprint density at radius 3 is 2.81 bits per heavy atom. The molecule has 0 radical (unpaired) electrons. The van der Waals surface area contributed by atoms with Gasteiger partial charge in [0.2, 0.25) is 0 Å². The van der Waals surface area contributed by atoms with Crippen LogP contribution in [0.2, 0.25) is 0 Å². The minimum absolute atomic E-state index is 0.0359. The smallest absolute Gasteiger partial charge is 0.322 e. The molecule has 0 aromatic heterocycles. The van der Waals surface area contributed by atoms with Crippen molar-refractivity contribution in [2.75, 3.05) is 33.4 Å². The van der Waals surface area contributed by atoms with Crippen LogP contribution in [0.25, 0.3) is 0 Å². The number of aliphatic hydroxyl groups excluding tert-OH is 1. The van der Waals surface area contributed by atoms with Crippen molar-refractivity contribution in [3.8, 4) is 0 Å². The quantitative estimate of drug-likeness (QED) is 0.706. The highest BCUT2D eigenvalue weighted by Crippen LogP contribution is 2.16. The Morgan fingerprint density at radius 1 is 1.50 bits per heavy atom. The number of ether oxygens (including phenoxy) is 1. The molecule has 0 aromatic rings. The van der Waals surface area contributed by atoms with Gasteiger partial charge in [0, 0.05) is 33.4 Å². The first-order chi connectivity index (χ1) is 7.74. The van der Waals surface area contributed by atoms with Crippen molar-refractivity contribution >= 4 is 6.03 Å². The second-order valence-electron chi connectivity index (χ2n) is 4.02. The lowest BCUT2D eigenvalue weighted by Gasteiger charge is -2.26. The molecule has 0 bridgehead atoms. The van der Waals surface area contributed by atoms with Crippen LogP contribution in [-0.4, -0.2) is 60.5 Å². The van der Waals surface area contributed by atoms with Crippen LogP contribution in [0, 0.1) is 0 Å². The molecule has 0 spiro atoms. The molecule has 1 heterocycles. The van der Waals surface area contributed by atoms with Gasteiger partial charge in [-0.15, -0.1) is 0 Å². The van der Waals surface area contributed by atoms with Gasteiger partial charge in [0.25, 0.3) is 0 Å². The Kier molecular flexibility index (Phi) is 5.55. The van der Waals surface area contributed by atoms with Crippen LogP contribution >= 0.6 is 0 Å². The number of amides is 2. The third-order valence-corrected chi connectivity index (χ3v) is 2.87. The third-order valence-electron chi connectivity index (χ3n) is 2.87. The number of carbonyl (C=O) groups excluding carboxylic acids is 1. The van der Waals surface area contributed by atoms with Crippen molar-refractivity contribution in [1.82, 2.24) is 9.80 Å². The first-order valence-corrected chi connectivity index (χ1v) is 5.93. The van der Waals surface area contributed by atoms with Crippen molar-refractivity contribution in [2.24, 2.45) is 0 Å². The van der Waals surface area contributed by atoms with E-state index in [1.165, 1.54) is 0 Å². The van der Waals surface area contributed by atoms with E-state index in [0.29, 0.717) is 13.0 Å². The molecule has 1 aliphatic heterocycles. The fourth-order valence-corrected chi connectivity index (χ4v) is 1.99. The molecule has 2 amide bonds. The summed E-state index contributed by atoms with van der Waals surface area (Å²) in [6, 6.07) is 0.0359. The van der Waals surface area contributed by atoms with Gasteiger partial charge in [0.15, 0.2) is 0 Å². The first-order valence-electron chi connectivity index (χ1n) is 5.93. The molecule has 1 unspecified atom stereocenters. The number of carbonyl (C=O) groups is 1. The van der Waals surface area contributed by atoms with Crippen LogP contribution in [0.5, 0.6) is 0 Å². The number of nitrogens with zero attached hydrogens (tertiary/aromatic N) is 2. The molecule has 5 nitrogen and oxygen atoms in total. The molecule has 1 N–H and O–H groups in total. The maximum Gasteiger partial charge on any atom is 0.322 e. The summed E-state index contributed by atoms with van der Waals surface area (Å²) in [6.45, 7) is 4.31. The molecule has 1 fully saturated rings. The van der Waals surface area contributed by atoms with Gasteiger partial charge in [0.05, 0.1) is 0 Å². The van der Waals surface area contributed by atoms with Crippen LogP contribution in [0.4, 0.5) is 4.79 Å². The molecule has 0 aromatic carbocycles. The van der Waals surface area contributed by atoms with Gasteiger partial charge in [-0.1, -0.05) is 13.3 Å². The number of rotatable bonds is 7. The van der Waals surface area contributed by atoms with E-state index in [4.69, 9.17) is 9.84 Å². The van der Waals surface area contributed by atoms with Gasteiger partial charge in [-0.3, -0.25) is 4.90 Å². The minimum atomic E-state index is -0.100. The lowest BCUT2D eigenvalue weighted by Crippen LogP contribution is -2.40. The Balaban J connectivity index is 2.48. The zero-order valence-electron chi connectivity index (χ0n) is 10.2.